The van der Waals surface area contributed by atoms with Gasteiger partial charge in [0.2, 0.25) is 0 Å². The van der Waals surface area contributed by atoms with E-state index < -0.39 is 17.9 Å². The maximum Gasteiger partial charge on any atom is 0.261 e. The van der Waals surface area contributed by atoms with Crippen LogP contribution in [0.25, 0.3) is 0 Å². The van der Waals surface area contributed by atoms with Gasteiger partial charge in [0.25, 0.3) is 11.8 Å². The fraction of sp³-hybridized carbons (Fsp3) is 0.160. The molecule has 3 aromatic carbocycles. The standard InChI is InChI=1S/C25H20Cl2N2O4/c1-28(13-16(30)14-29-24(32)17-6-2-3-7-18(17)25(29)33)22-11-10-15(26)12-20(22)23(31)19-8-4-5-9-21(19)27/h2-12,16,30H,13-14H2,1H3. The largest absolute Gasteiger partial charge is 0.389 e. The first-order valence-electron chi connectivity index (χ1n) is 10.2. The molecule has 8 heteroatoms. The second kappa shape index (κ2) is 9.35. The van der Waals surface area contributed by atoms with E-state index in [1.165, 1.54) is 0 Å². The van der Waals surface area contributed by atoms with Crippen LogP contribution < -0.4 is 4.90 Å². The van der Waals surface area contributed by atoms with E-state index in [0.717, 1.165) is 4.90 Å². The summed E-state index contributed by atoms with van der Waals surface area (Å²) < 4.78 is 0. The van der Waals surface area contributed by atoms with E-state index in [1.807, 2.05) is 0 Å². The molecule has 0 bridgehead atoms. The van der Waals surface area contributed by atoms with Crippen LogP contribution in [0.1, 0.15) is 36.6 Å². The van der Waals surface area contributed by atoms with Gasteiger partial charge in [-0.2, -0.15) is 0 Å². The zero-order chi connectivity index (χ0) is 23.7. The Morgan fingerprint density at radius 2 is 1.55 bits per heavy atom. The fourth-order valence-corrected chi connectivity index (χ4v) is 4.29. The summed E-state index contributed by atoms with van der Waals surface area (Å²) in [6.45, 7) is -0.101. The van der Waals surface area contributed by atoms with Crippen molar-refractivity contribution in [2.45, 2.75) is 6.10 Å². The van der Waals surface area contributed by atoms with Gasteiger partial charge in [0.15, 0.2) is 5.78 Å². The van der Waals surface area contributed by atoms with Gasteiger partial charge in [-0.1, -0.05) is 47.5 Å². The highest BCUT2D eigenvalue weighted by atomic mass is 35.5. The Morgan fingerprint density at radius 3 is 2.18 bits per heavy atom. The molecule has 33 heavy (non-hydrogen) atoms. The first kappa shape index (κ1) is 23.0. The van der Waals surface area contributed by atoms with Gasteiger partial charge in [0.05, 0.1) is 28.8 Å². The van der Waals surface area contributed by atoms with Gasteiger partial charge in [-0.15, -0.1) is 0 Å². The van der Waals surface area contributed by atoms with Gasteiger partial charge in [0.1, 0.15) is 0 Å². The Labute approximate surface area is 200 Å². The number of aliphatic hydroxyl groups excluding tert-OH is 1. The molecular weight excluding hydrogens is 463 g/mol. The number of amides is 2. The number of anilines is 1. The van der Waals surface area contributed by atoms with E-state index >= 15 is 0 Å². The molecule has 1 atom stereocenters. The molecule has 0 fully saturated rings. The molecule has 1 aliphatic rings. The topological polar surface area (TPSA) is 77.9 Å². The third-order valence-corrected chi connectivity index (χ3v) is 6.05. The zero-order valence-electron chi connectivity index (χ0n) is 17.7. The van der Waals surface area contributed by atoms with Crippen molar-refractivity contribution >= 4 is 46.5 Å². The minimum Gasteiger partial charge on any atom is -0.389 e. The Balaban J connectivity index is 1.53. The average molecular weight is 483 g/mol. The van der Waals surface area contributed by atoms with Crippen LogP contribution in [0.4, 0.5) is 5.69 Å². The minimum absolute atomic E-state index is 0.0673. The molecule has 168 valence electrons. The van der Waals surface area contributed by atoms with Crippen molar-refractivity contribution in [3.8, 4) is 0 Å². The van der Waals surface area contributed by atoms with Crippen molar-refractivity contribution in [1.29, 1.82) is 0 Å². The predicted octanol–water partition coefficient (Wildman–Crippen LogP) is 4.32. The van der Waals surface area contributed by atoms with Crippen LogP contribution in [-0.4, -0.2) is 53.8 Å². The van der Waals surface area contributed by atoms with Crippen molar-refractivity contribution in [3.05, 3.63) is 99.0 Å². The van der Waals surface area contributed by atoms with E-state index in [2.05, 4.69) is 0 Å². The highest BCUT2D eigenvalue weighted by molar-refractivity contribution is 6.35. The lowest BCUT2D eigenvalue weighted by atomic mass is 10.0. The number of nitrogens with zero attached hydrogens (tertiary/aromatic N) is 2. The van der Waals surface area contributed by atoms with Crippen LogP contribution in [0.15, 0.2) is 66.7 Å². The number of aliphatic hydroxyl groups is 1. The van der Waals surface area contributed by atoms with Gasteiger partial charge in [-0.3, -0.25) is 19.3 Å². The number of rotatable bonds is 7. The summed E-state index contributed by atoms with van der Waals surface area (Å²) >= 11 is 12.4. The Bertz CT molecular complexity index is 1230. The lowest BCUT2D eigenvalue weighted by Gasteiger charge is -2.27. The molecule has 1 unspecified atom stereocenters. The lowest BCUT2D eigenvalue weighted by Crippen LogP contribution is -2.42. The van der Waals surface area contributed by atoms with Crippen molar-refractivity contribution in [1.82, 2.24) is 4.90 Å². The van der Waals surface area contributed by atoms with Gasteiger partial charge >= 0.3 is 0 Å². The van der Waals surface area contributed by atoms with E-state index in [-0.39, 0.29) is 18.9 Å². The van der Waals surface area contributed by atoms with Crippen LogP contribution in [0.2, 0.25) is 10.0 Å². The first-order chi connectivity index (χ1) is 15.8. The molecule has 0 radical (unpaired) electrons. The van der Waals surface area contributed by atoms with Crippen molar-refractivity contribution in [2.24, 2.45) is 0 Å². The molecule has 0 aliphatic carbocycles. The summed E-state index contributed by atoms with van der Waals surface area (Å²) in [6, 6.07) is 18.2. The predicted molar refractivity (Wildman–Crippen MR) is 127 cm³/mol. The van der Waals surface area contributed by atoms with Crippen molar-refractivity contribution in [3.63, 3.8) is 0 Å². The number of ketones is 1. The molecule has 0 aromatic heterocycles. The molecule has 0 saturated heterocycles. The fourth-order valence-electron chi connectivity index (χ4n) is 3.90. The summed E-state index contributed by atoms with van der Waals surface area (Å²) in [6.07, 6.45) is -1.05. The third-order valence-electron chi connectivity index (χ3n) is 5.49. The number of carbonyl (C=O) groups excluding carboxylic acids is 3. The third kappa shape index (κ3) is 4.50. The van der Waals surface area contributed by atoms with Crippen LogP contribution >= 0.6 is 23.2 Å². The number of halogens is 2. The minimum atomic E-state index is -1.05. The molecule has 0 spiro atoms. The van der Waals surface area contributed by atoms with Crippen LogP contribution in [0, 0.1) is 0 Å². The molecule has 3 aromatic rings. The van der Waals surface area contributed by atoms with Crippen LogP contribution in [0.5, 0.6) is 0 Å². The Kier molecular flexibility index (Phi) is 6.51. The maximum atomic E-state index is 13.2. The number of hydrogen-bond donors (Lipinski definition) is 1. The summed E-state index contributed by atoms with van der Waals surface area (Å²) in [7, 11) is 1.71. The molecule has 1 N–H and O–H groups in total. The van der Waals surface area contributed by atoms with E-state index in [4.69, 9.17) is 23.2 Å². The number of carbonyl (C=O) groups is 3. The molecule has 1 heterocycles. The van der Waals surface area contributed by atoms with Gasteiger partial charge in [-0.05, 0) is 42.5 Å². The summed E-state index contributed by atoms with van der Waals surface area (Å²) in [5.74, 6) is -1.17. The van der Waals surface area contributed by atoms with Crippen LogP contribution in [-0.2, 0) is 0 Å². The Hall–Kier alpha value is -3.19. The smallest absolute Gasteiger partial charge is 0.261 e. The number of β-amino-alcohol motifs (C(OH)–C–C–N with tert-alkyl or cyclic N) is 1. The molecule has 1 aliphatic heterocycles. The highest BCUT2D eigenvalue weighted by Crippen LogP contribution is 2.29. The summed E-state index contributed by atoms with van der Waals surface area (Å²) in [5, 5.41) is 11.4. The SMILES string of the molecule is CN(CC(O)CN1C(=O)c2ccccc2C1=O)c1ccc(Cl)cc1C(=O)c1ccccc1Cl. The second-order valence-electron chi connectivity index (χ2n) is 7.77. The Morgan fingerprint density at radius 1 is 0.939 bits per heavy atom. The quantitative estimate of drug-likeness (QED) is 0.400. The molecular formula is C25H20Cl2N2O4. The van der Waals surface area contributed by atoms with Crippen molar-refractivity contribution < 1.29 is 19.5 Å². The highest BCUT2D eigenvalue weighted by Gasteiger charge is 2.36. The monoisotopic (exact) mass is 482 g/mol. The summed E-state index contributed by atoms with van der Waals surface area (Å²) in [4.78, 5) is 41.1. The average Bonchev–Trinajstić information content (AvgIpc) is 3.03. The van der Waals surface area contributed by atoms with Gasteiger partial charge in [-0.25, -0.2) is 0 Å². The molecule has 4 rings (SSSR count). The number of benzene rings is 3. The first-order valence-corrected chi connectivity index (χ1v) is 11.0. The van der Waals surface area contributed by atoms with Crippen LogP contribution in [0.3, 0.4) is 0 Å². The van der Waals surface area contributed by atoms with Gasteiger partial charge < -0.3 is 10.0 Å². The normalized spacial score (nSPS) is 13.8. The van der Waals surface area contributed by atoms with E-state index in [1.54, 1.807) is 78.7 Å². The molecule has 0 saturated carbocycles. The second-order valence-corrected chi connectivity index (χ2v) is 8.61. The number of fused-ring (bicyclic) bond motifs is 1. The number of imide groups is 1. The molecule has 2 amide bonds. The van der Waals surface area contributed by atoms with E-state index in [0.29, 0.717) is 38.0 Å². The number of likely N-dealkylation sites (N-methyl/N-ethyl adjacent to an activating group) is 1. The lowest BCUT2D eigenvalue weighted by molar-refractivity contribution is 0.0552. The maximum absolute atomic E-state index is 13.2. The zero-order valence-corrected chi connectivity index (χ0v) is 19.2. The summed E-state index contributed by atoms with van der Waals surface area (Å²) in [5.41, 5.74) is 1.85. The van der Waals surface area contributed by atoms with Gasteiger partial charge in [0, 0.05) is 35.4 Å². The number of hydrogen-bond acceptors (Lipinski definition) is 5. The van der Waals surface area contributed by atoms with E-state index in [9.17, 15) is 19.5 Å². The molecule has 6 nitrogen and oxygen atoms in total. The van der Waals surface area contributed by atoms with Crippen molar-refractivity contribution in [2.75, 3.05) is 25.0 Å².